The van der Waals surface area contributed by atoms with Crippen LogP contribution >= 0.6 is 0 Å². The van der Waals surface area contributed by atoms with E-state index in [2.05, 4.69) is 51.7 Å². The number of ether oxygens (including phenoxy) is 1. The normalized spacial score (nSPS) is 25.2. The van der Waals surface area contributed by atoms with E-state index in [4.69, 9.17) is 4.74 Å². The first-order valence-electron chi connectivity index (χ1n) is 8.59. The Morgan fingerprint density at radius 1 is 1.22 bits per heavy atom. The molecular weight excluding hydrogens is 288 g/mol. The summed E-state index contributed by atoms with van der Waals surface area (Å²) in [7, 11) is 1.83. The Kier molecular flexibility index (Phi) is 5.51. The summed E-state index contributed by atoms with van der Waals surface area (Å²) in [5.41, 5.74) is 2.65. The van der Waals surface area contributed by atoms with Crippen LogP contribution in [0.15, 0.2) is 29.3 Å². The molecule has 0 aromatic heterocycles. The number of benzene rings is 1. The molecular formula is C18H28N4O. The summed E-state index contributed by atoms with van der Waals surface area (Å²) in [6.07, 6.45) is 1.25. The molecule has 126 valence electrons. The van der Waals surface area contributed by atoms with E-state index in [1.165, 1.54) is 17.5 Å². The summed E-state index contributed by atoms with van der Waals surface area (Å²) in [6, 6.07) is 9.46. The van der Waals surface area contributed by atoms with Gasteiger partial charge in [0.2, 0.25) is 0 Å². The van der Waals surface area contributed by atoms with Crippen molar-refractivity contribution in [1.82, 2.24) is 15.5 Å². The van der Waals surface area contributed by atoms with Gasteiger partial charge >= 0.3 is 0 Å². The van der Waals surface area contributed by atoms with Gasteiger partial charge in [0, 0.05) is 39.3 Å². The van der Waals surface area contributed by atoms with Crippen molar-refractivity contribution in [1.29, 1.82) is 0 Å². The zero-order valence-electron chi connectivity index (χ0n) is 14.2. The van der Waals surface area contributed by atoms with Gasteiger partial charge in [0.1, 0.15) is 0 Å². The summed E-state index contributed by atoms with van der Waals surface area (Å²) in [6.45, 7) is 7.86. The predicted octanol–water partition coefficient (Wildman–Crippen LogP) is 1.59. The lowest BCUT2D eigenvalue weighted by molar-refractivity contribution is 0.0342. The third kappa shape index (κ3) is 4.94. The Hall–Kier alpha value is -1.59. The van der Waals surface area contributed by atoms with Gasteiger partial charge in [0.25, 0.3) is 0 Å². The third-order valence-electron chi connectivity index (χ3n) is 4.65. The Labute approximate surface area is 139 Å². The standard InChI is InChI=1S/C18H28N4O/c1-14-11-17(14)21-18(19-2)20-12-15-3-5-16(6-4-15)13-22-7-9-23-10-8-22/h3-6,14,17H,7-13H2,1-2H3,(H2,19,20,21). The Morgan fingerprint density at radius 3 is 2.48 bits per heavy atom. The second-order valence-corrected chi connectivity index (χ2v) is 6.59. The first-order valence-corrected chi connectivity index (χ1v) is 8.59. The van der Waals surface area contributed by atoms with Gasteiger partial charge in [-0.2, -0.15) is 0 Å². The number of guanidine groups is 1. The topological polar surface area (TPSA) is 48.9 Å². The molecule has 5 heteroatoms. The van der Waals surface area contributed by atoms with Crippen LogP contribution < -0.4 is 10.6 Å². The van der Waals surface area contributed by atoms with Gasteiger partial charge in [0.15, 0.2) is 5.96 Å². The van der Waals surface area contributed by atoms with Crippen molar-refractivity contribution in [2.24, 2.45) is 10.9 Å². The van der Waals surface area contributed by atoms with Crippen LogP contribution in [0.4, 0.5) is 0 Å². The summed E-state index contributed by atoms with van der Waals surface area (Å²) < 4.78 is 5.39. The molecule has 0 amide bonds. The minimum Gasteiger partial charge on any atom is -0.379 e. The SMILES string of the molecule is CN=C(NCc1ccc(CN2CCOCC2)cc1)NC1CC1C. The predicted molar refractivity (Wildman–Crippen MR) is 93.4 cm³/mol. The fourth-order valence-corrected chi connectivity index (χ4v) is 2.86. The van der Waals surface area contributed by atoms with E-state index < -0.39 is 0 Å². The van der Waals surface area contributed by atoms with E-state index >= 15 is 0 Å². The number of morpholine rings is 1. The van der Waals surface area contributed by atoms with Crippen LogP contribution in [0.1, 0.15) is 24.5 Å². The summed E-state index contributed by atoms with van der Waals surface area (Å²) in [4.78, 5) is 6.73. The molecule has 1 aliphatic heterocycles. The van der Waals surface area contributed by atoms with Crippen LogP contribution in [0.2, 0.25) is 0 Å². The maximum absolute atomic E-state index is 5.39. The molecule has 2 N–H and O–H groups in total. The van der Waals surface area contributed by atoms with Gasteiger partial charge < -0.3 is 15.4 Å². The van der Waals surface area contributed by atoms with E-state index in [0.717, 1.165) is 51.3 Å². The Balaban J connectivity index is 1.45. The highest BCUT2D eigenvalue weighted by molar-refractivity contribution is 5.80. The molecule has 1 aliphatic carbocycles. The van der Waals surface area contributed by atoms with Gasteiger partial charge in [0.05, 0.1) is 13.2 Å². The number of nitrogens with zero attached hydrogens (tertiary/aromatic N) is 2. The van der Waals surface area contributed by atoms with Crippen molar-refractivity contribution >= 4 is 5.96 Å². The maximum atomic E-state index is 5.39. The fourth-order valence-electron chi connectivity index (χ4n) is 2.86. The Bertz CT molecular complexity index is 522. The average molecular weight is 316 g/mol. The number of hydrogen-bond donors (Lipinski definition) is 2. The van der Waals surface area contributed by atoms with Crippen molar-refractivity contribution in [3.8, 4) is 0 Å². The highest BCUT2D eigenvalue weighted by atomic mass is 16.5. The molecule has 2 aliphatic rings. The fraction of sp³-hybridized carbons (Fsp3) is 0.611. The zero-order chi connectivity index (χ0) is 16.1. The first-order chi connectivity index (χ1) is 11.2. The molecule has 0 bridgehead atoms. The number of hydrogen-bond acceptors (Lipinski definition) is 3. The van der Waals surface area contributed by atoms with Gasteiger partial charge in [-0.15, -0.1) is 0 Å². The number of rotatable bonds is 5. The van der Waals surface area contributed by atoms with E-state index in [1.54, 1.807) is 0 Å². The molecule has 23 heavy (non-hydrogen) atoms. The highest BCUT2D eigenvalue weighted by Gasteiger charge is 2.33. The molecule has 2 fully saturated rings. The monoisotopic (exact) mass is 316 g/mol. The largest absolute Gasteiger partial charge is 0.379 e. The van der Waals surface area contributed by atoms with Crippen LogP contribution in [0.3, 0.4) is 0 Å². The van der Waals surface area contributed by atoms with Crippen molar-refractivity contribution in [2.45, 2.75) is 32.5 Å². The van der Waals surface area contributed by atoms with Crippen LogP contribution in [0, 0.1) is 5.92 Å². The van der Waals surface area contributed by atoms with Crippen molar-refractivity contribution in [2.75, 3.05) is 33.4 Å². The van der Waals surface area contributed by atoms with Crippen molar-refractivity contribution in [3.05, 3.63) is 35.4 Å². The third-order valence-corrected chi connectivity index (χ3v) is 4.65. The van der Waals surface area contributed by atoms with Crippen LogP contribution in [-0.2, 0) is 17.8 Å². The van der Waals surface area contributed by atoms with Crippen LogP contribution in [-0.4, -0.2) is 50.3 Å². The van der Waals surface area contributed by atoms with Gasteiger partial charge in [-0.05, 0) is 23.5 Å². The molecule has 1 saturated carbocycles. The van der Waals surface area contributed by atoms with Crippen molar-refractivity contribution < 1.29 is 4.74 Å². The molecule has 1 saturated heterocycles. The van der Waals surface area contributed by atoms with E-state index in [0.29, 0.717) is 6.04 Å². The molecule has 2 unspecified atom stereocenters. The second kappa shape index (κ2) is 7.79. The molecule has 1 heterocycles. The molecule has 2 atom stereocenters. The lowest BCUT2D eigenvalue weighted by atomic mass is 10.1. The van der Waals surface area contributed by atoms with Crippen molar-refractivity contribution in [3.63, 3.8) is 0 Å². The Morgan fingerprint density at radius 2 is 1.87 bits per heavy atom. The molecule has 0 spiro atoms. The molecule has 3 rings (SSSR count). The minimum atomic E-state index is 0.595. The van der Waals surface area contributed by atoms with E-state index in [1.807, 2.05) is 7.05 Å². The van der Waals surface area contributed by atoms with E-state index in [-0.39, 0.29) is 0 Å². The zero-order valence-corrected chi connectivity index (χ0v) is 14.2. The molecule has 5 nitrogen and oxygen atoms in total. The average Bonchev–Trinajstić information content (AvgIpc) is 3.28. The smallest absolute Gasteiger partial charge is 0.191 e. The van der Waals surface area contributed by atoms with Crippen LogP contribution in [0.5, 0.6) is 0 Å². The minimum absolute atomic E-state index is 0.595. The first kappa shape index (κ1) is 16.3. The summed E-state index contributed by atoms with van der Waals surface area (Å²) in [5.74, 6) is 1.67. The summed E-state index contributed by atoms with van der Waals surface area (Å²) in [5, 5.41) is 6.84. The number of aliphatic imine (C=N–C) groups is 1. The second-order valence-electron chi connectivity index (χ2n) is 6.59. The quantitative estimate of drug-likeness (QED) is 0.640. The van der Waals surface area contributed by atoms with Gasteiger partial charge in [-0.1, -0.05) is 31.2 Å². The molecule has 1 aromatic rings. The summed E-state index contributed by atoms with van der Waals surface area (Å²) >= 11 is 0. The number of nitrogens with one attached hydrogen (secondary N) is 2. The lowest BCUT2D eigenvalue weighted by Crippen LogP contribution is -2.38. The van der Waals surface area contributed by atoms with Gasteiger partial charge in [-0.25, -0.2) is 0 Å². The van der Waals surface area contributed by atoms with E-state index in [9.17, 15) is 0 Å². The lowest BCUT2D eigenvalue weighted by Gasteiger charge is -2.26. The molecule has 1 aromatic carbocycles. The molecule has 0 radical (unpaired) electrons. The highest BCUT2D eigenvalue weighted by Crippen LogP contribution is 2.28. The van der Waals surface area contributed by atoms with Crippen LogP contribution in [0.25, 0.3) is 0 Å². The van der Waals surface area contributed by atoms with Gasteiger partial charge in [-0.3, -0.25) is 9.89 Å². The maximum Gasteiger partial charge on any atom is 0.191 e.